The van der Waals surface area contributed by atoms with Gasteiger partial charge in [0.15, 0.2) is 6.10 Å². The topological polar surface area (TPSA) is 72.8 Å². The van der Waals surface area contributed by atoms with Crippen LogP contribution in [0.1, 0.15) is 373 Å². The molecule has 0 amide bonds. The average Bonchev–Trinajstić information content (AvgIpc) is 3.36. The first-order chi connectivity index (χ1) is 34.6. The Labute approximate surface area is 439 Å². The molecule has 0 heterocycles. The SMILES string of the molecule is CCCCCCCCCC/C=C\CCCCCCCCCCCC(=O)OC(CO)COC(=O)CCCCCCCCCCCCCCCCCCCCCCCCCCCCCCCCCCCCC. The minimum atomic E-state index is -0.769. The van der Waals surface area contributed by atoms with Crippen molar-refractivity contribution in [2.45, 2.75) is 380 Å². The van der Waals surface area contributed by atoms with Crippen molar-refractivity contribution >= 4 is 11.9 Å². The van der Waals surface area contributed by atoms with Gasteiger partial charge in [-0.05, 0) is 38.5 Å². The van der Waals surface area contributed by atoms with Crippen LogP contribution < -0.4 is 0 Å². The van der Waals surface area contributed by atoms with E-state index in [0.717, 1.165) is 32.1 Å². The van der Waals surface area contributed by atoms with Crippen LogP contribution in [0.2, 0.25) is 0 Å². The Morgan fingerprint density at radius 3 is 0.771 bits per heavy atom. The number of carbonyl (C=O) groups excluding carboxylic acids is 2. The van der Waals surface area contributed by atoms with E-state index in [4.69, 9.17) is 9.47 Å². The van der Waals surface area contributed by atoms with E-state index >= 15 is 0 Å². The summed E-state index contributed by atoms with van der Waals surface area (Å²) in [4.78, 5) is 24.6. The fraction of sp³-hybridized carbons (Fsp3) is 0.938. The molecule has 0 rings (SSSR count). The van der Waals surface area contributed by atoms with Gasteiger partial charge in [0.05, 0.1) is 6.61 Å². The molecule has 0 saturated carbocycles. The van der Waals surface area contributed by atoms with Gasteiger partial charge >= 0.3 is 11.9 Å². The van der Waals surface area contributed by atoms with Crippen molar-refractivity contribution in [1.29, 1.82) is 0 Å². The molecule has 0 aliphatic rings. The van der Waals surface area contributed by atoms with Gasteiger partial charge in [-0.25, -0.2) is 0 Å². The number of hydrogen-bond donors (Lipinski definition) is 1. The molecule has 0 saturated heterocycles. The van der Waals surface area contributed by atoms with Gasteiger partial charge in [0, 0.05) is 12.8 Å². The van der Waals surface area contributed by atoms with Crippen LogP contribution >= 0.6 is 0 Å². The van der Waals surface area contributed by atoms with E-state index in [0.29, 0.717) is 12.8 Å². The smallest absolute Gasteiger partial charge is 0.306 e. The molecule has 0 radical (unpaired) electrons. The monoisotopic (exact) mass is 987 g/mol. The Balaban J connectivity index is 3.36. The summed E-state index contributed by atoms with van der Waals surface area (Å²) in [6.07, 6.45) is 78.1. The number of aliphatic hydroxyl groups excluding tert-OH is 1. The first kappa shape index (κ1) is 68.6. The number of ether oxygens (including phenoxy) is 2. The number of hydrogen-bond acceptors (Lipinski definition) is 5. The Morgan fingerprint density at radius 2 is 0.529 bits per heavy atom. The van der Waals surface area contributed by atoms with Gasteiger partial charge in [-0.3, -0.25) is 9.59 Å². The molecule has 0 fully saturated rings. The van der Waals surface area contributed by atoms with E-state index in [-0.39, 0.29) is 25.2 Å². The molecular weight excluding hydrogens is 861 g/mol. The molecule has 0 aromatic carbocycles. The molecule has 5 nitrogen and oxygen atoms in total. The Morgan fingerprint density at radius 1 is 0.314 bits per heavy atom. The highest BCUT2D eigenvalue weighted by Gasteiger charge is 2.16. The van der Waals surface area contributed by atoms with Gasteiger partial charge < -0.3 is 14.6 Å². The fourth-order valence-corrected chi connectivity index (χ4v) is 10.2. The summed E-state index contributed by atoms with van der Waals surface area (Å²) in [5.41, 5.74) is 0. The summed E-state index contributed by atoms with van der Waals surface area (Å²) >= 11 is 0. The molecule has 416 valence electrons. The van der Waals surface area contributed by atoms with Gasteiger partial charge in [-0.1, -0.05) is 334 Å². The van der Waals surface area contributed by atoms with Crippen LogP contribution in [0.15, 0.2) is 12.2 Å². The zero-order valence-electron chi connectivity index (χ0n) is 47.8. The van der Waals surface area contributed by atoms with Crippen molar-refractivity contribution in [2.24, 2.45) is 0 Å². The number of esters is 2. The maximum atomic E-state index is 12.3. The molecule has 1 atom stereocenters. The van der Waals surface area contributed by atoms with E-state index in [1.54, 1.807) is 0 Å². The van der Waals surface area contributed by atoms with Crippen molar-refractivity contribution < 1.29 is 24.2 Å². The summed E-state index contributed by atoms with van der Waals surface area (Å²) < 4.78 is 10.7. The lowest BCUT2D eigenvalue weighted by molar-refractivity contribution is -0.161. The van der Waals surface area contributed by atoms with E-state index in [1.165, 1.54) is 315 Å². The van der Waals surface area contributed by atoms with E-state index in [1.807, 2.05) is 0 Å². The van der Waals surface area contributed by atoms with Crippen LogP contribution in [0.25, 0.3) is 0 Å². The number of carbonyl (C=O) groups is 2. The normalized spacial score (nSPS) is 12.1. The first-order valence-corrected chi connectivity index (χ1v) is 32.2. The molecule has 5 heteroatoms. The number of rotatable bonds is 61. The van der Waals surface area contributed by atoms with Crippen molar-refractivity contribution in [3.63, 3.8) is 0 Å². The summed E-state index contributed by atoms with van der Waals surface area (Å²) in [5, 5.41) is 9.67. The highest BCUT2D eigenvalue weighted by atomic mass is 16.6. The molecule has 70 heavy (non-hydrogen) atoms. The quantitative estimate of drug-likeness (QED) is 0.0373. The van der Waals surface area contributed by atoms with Gasteiger partial charge in [0.2, 0.25) is 0 Å². The lowest BCUT2D eigenvalue weighted by Crippen LogP contribution is -2.28. The summed E-state index contributed by atoms with van der Waals surface area (Å²) in [5.74, 6) is -0.569. The van der Waals surface area contributed by atoms with Crippen molar-refractivity contribution in [2.75, 3.05) is 13.2 Å². The highest BCUT2D eigenvalue weighted by Crippen LogP contribution is 2.19. The largest absolute Gasteiger partial charge is 0.462 e. The molecule has 0 spiro atoms. The third kappa shape index (κ3) is 59.2. The molecule has 0 aromatic heterocycles. The van der Waals surface area contributed by atoms with Crippen LogP contribution in [0.3, 0.4) is 0 Å². The molecule has 0 aromatic rings. The summed E-state index contributed by atoms with van der Waals surface area (Å²) in [6.45, 7) is 4.20. The van der Waals surface area contributed by atoms with Gasteiger partial charge in [-0.15, -0.1) is 0 Å². The van der Waals surface area contributed by atoms with Crippen LogP contribution in [0.5, 0.6) is 0 Å². The molecular formula is C65H126O5. The van der Waals surface area contributed by atoms with E-state index in [2.05, 4.69) is 26.0 Å². The minimum absolute atomic E-state index is 0.0592. The minimum Gasteiger partial charge on any atom is -0.462 e. The van der Waals surface area contributed by atoms with Crippen LogP contribution in [-0.4, -0.2) is 36.4 Å². The molecule has 0 aliphatic heterocycles. The maximum absolute atomic E-state index is 12.3. The molecule has 0 bridgehead atoms. The first-order valence-electron chi connectivity index (χ1n) is 32.2. The van der Waals surface area contributed by atoms with Crippen LogP contribution in [-0.2, 0) is 19.1 Å². The van der Waals surface area contributed by atoms with Crippen LogP contribution in [0, 0.1) is 0 Å². The third-order valence-corrected chi connectivity index (χ3v) is 15.1. The standard InChI is InChI=1S/C65H126O5/c1-3-5-7-9-11-13-15-17-19-21-23-25-26-27-28-29-30-31-32-33-34-35-36-37-38-40-41-43-45-47-49-51-53-55-57-59-64(67)69-62-63(61-66)70-65(68)60-58-56-54-52-50-48-46-44-42-39-24-22-20-18-16-14-12-10-8-6-4-2/h22,24,63,66H,3-21,23,25-62H2,1-2H3/b24-22-. The van der Waals surface area contributed by atoms with Crippen molar-refractivity contribution in [3.8, 4) is 0 Å². The zero-order valence-corrected chi connectivity index (χ0v) is 47.8. The van der Waals surface area contributed by atoms with Crippen molar-refractivity contribution in [3.05, 3.63) is 12.2 Å². The lowest BCUT2D eigenvalue weighted by atomic mass is 10.0. The van der Waals surface area contributed by atoms with Crippen LogP contribution in [0.4, 0.5) is 0 Å². The van der Waals surface area contributed by atoms with Gasteiger partial charge in [0.25, 0.3) is 0 Å². The Bertz CT molecular complexity index is 1030. The predicted octanol–water partition coefficient (Wildman–Crippen LogP) is 21.9. The van der Waals surface area contributed by atoms with Crippen molar-refractivity contribution in [1.82, 2.24) is 0 Å². The highest BCUT2D eigenvalue weighted by molar-refractivity contribution is 5.70. The summed E-state index contributed by atoms with van der Waals surface area (Å²) in [7, 11) is 0. The lowest BCUT2D eigenvalue weighted by Gasteiger charge is -2.15. The fourth-order valence-electron chi connectivity index (χ4n) is 10.2. The number of unbranched alkanes of at least 4 members (excludes halogenated alkanes) is 51. The Hall–Kier alpha value is -1.36. The second-order valence-corrected chi connectivity index (χ2v) is 22.2. The van der Waals surface area contributed by atoms with E-state index < -0.39 is 6.10 Å². The number of aliphatic hydroxyl groups is 1. The molecule has 1 unspecified atom stereocenters. The van der Waals surface area contributed by atoms with Gasteiger partial charge in [0.1, 0.15) is 6.61 Å². The third-order valence-electron chi connectivity index (χ3n) is 15.1. The molecule has 0 aliphatic carbocycles. The summed E-state index contributed by atoms with van der Waals surface area (Å²) in [6, 6.07) is 0. The Kier molecular flexibility index (Phi) is 60.7. The predicted molar refractivity (Wildman–Crippen MR) is 307 cm³/mol. The van der Waals surface area contributed by atoms with Gasteiger partial charge in [-0.2, -0.15) is 0 Å². The molecule has 1 N–H and O–H groups in total. The second kappa shape index (κ2) is 61.9. The van der Waals surface area contributed by atoms with E-state index in [9.17, 15) is 14.7 Å². The zero-order chi connectivity index (χ0) is 50.6. The second-order valence-electron chi connectivity index (χ2n) is 22.2. The average molecular weight is 988 g/mol. The maximum Gasteiger partial charge on any atom is 0.306 e. The number of allylic oxidation sites excluding steroid dienone is 2.